The van der Waals surface area contributed by atoms with E-state index in [0.717, 1.165) is 11.3 Å². The third-order valence-electron chi connectivity index (χ3n) is 6.54. The van der Waals surface area contributed by atoms with Crippen LogP contribution in [-0.4, -0.2) is 23.8 Å². The SMILES string of the molecule is COc1cc(C=NNC(=O)c2ccc(COc3ccc(-n4c(C)ccc4C)cc3)o2)ccc1OCc1ccccc1Cl. The first-order valence-corrected chi connectivity index (χ1v) is 13.6. The molecule has 0 fully saturated rings. The summed E-state index contributed by atoms with van der Waals surface area (Å²) in [6, 6.07) is 28.1. The fourth-order valence-corrected chi connectivity index (χ4v) is 4.56. The molecule has 2 aromatic heterocycles. The van der Waals surface area contributed by atoms with Crippen molar-refractivity contribution in [2.75, 3.05) is 7.11 Å². The predicted molar refractivity (Wildman–Crippen MR) is 162 cm³/mol. The Labute approximate surface area is 249 Å². The second kappa shape index (κ2) is 13.1. The van der Waals surface area contributed by atoms with Gasteiger partial charge in [-0.25, -0.2) is 5.43 Å². The van der Waals surface area contributed by atoms with E-state index in [1.807, 2.05) is 48.5 Å². The van der Waals surface area contributed by atoms with Crippen molar-refractivity contribution < 1.29 is 23.4 Å². The summed E-state index contributed by atoms with van der Waals surface area (Å²) < 4.78 is 25.0. The van der Waals surface area contributed by atoms with Gasteiger partial charge in [-0.3, -0.25) is 4.79 Å². The lowest BCUT2D eigenvalue weighted by molar-refractivity contribution is 0.0923. The molecule has 0 radical (unpaired) electrons. The number of benzene rings is 3. The molecule has 1 N–H and O–H groups in total. The van der Waals surface area contributed by atoms with E-state index in [1.165, 1.54) is 17.6 Å². The number of hydrazone groups is 1. The van der Waals surface area contributed by atoms with Crippen LogP contribution in [0.2, 0.25) is 5.02 Å². The average molecular weight is 584 g/mol. The van der Waals surface area contributed by atoms with Gasteiger partial charge in [0.1, 0.15) is 24.7 Å². The minimum absolute atomic E-state index is 0.126. The van der Waals surface area contributed by atoms with E-state index in [9.17, 15) is 4.79 Å². The van der Waals surface area contributed by atoms with Gasteiger partial charge in [-0.1, -0.05) is 29.8 Å². The molecular weight excluding hydrogens is 554 g/mol. The lowest BCUT2D eigenvalue weighted by Gasteiger charge is -2.12. The van der Waals surface area contributed by atoms with Crippen LogP contribution in [0.3, 0.4) is 0 Å². The Morgan fingerprint density at radius 2 is 1.67 bits per heavy atom. The number of methoxy groups -OCH3 is 1. The highest BCUT2D eigenvalue weighted by Gasteiger charge is 2.12. The summed E-state index contributed by atoms with van der Waals surface area (Å²) in [5.74, 6) is 1.95. The number of rotatable bonds is 11. The van der Waals surface area contributed by atoms with Crippen LogP contribution in [-0.2, 0) is 13.2 Å². The van der Waals surface area contributed by atoms with Crippen molar-refractivity contribution in [2.24, 2.45) is 5.10 Å². The lowest BCUT2D eigenvalue weighted by Crippen LogP contribution is -2.16. The number of hydrogen-bond donors (Lipinski definition) is 1. The number of furan rings is 1. The molecule has 0 aliphatic carbocycles. The second-order valence-electron chi connectivity index (χ2n) is 9.49. The number of nitrogens with zero attached hydrogens (tertiary/aromatic N) is 2. The third-order valence-corrected chi connectivity index (χ3v) is 6.91. The fourth-order valence-electron chi connectivity index (χ4n) is 4.37. The summed E-state index contributed by atoms with van der Waals surface area (Å²) in [6.45, 7) is 4.63. The van der Waals surface area contributed by atoms with Gasteiger partial charge in [-0.2, -0.15) is 5.10 Å². The summed E-state index contributed by atoms with van der Waals surface area (Å²) in [7, 11) is 1.55. The Hall–Kier alpha value is -4.95. The summed E-state index contributed by atoms with van der Waals surface area (Å²) in [5, 5.41) is 4.68. The highest BCUT2D eigenvalue weighted by atomic mass is 35.5. The van der Waals surface area contributed by atoms with Crippen LogP contribution in [0.5, 0.6) is 17.2 Å². The zero-order valence-corrected chi connectivity index (χ0v) is 24.2. The summed E-state index contributed by atoms with van der Waals surface area (Å²) in [4.78, 5) is 12.5. The molecule has 0 aliphatic heterocycles. The molecule has 2 heterocycles. The van der Waals surface area contributed by atoms with Crippen molar-refractivity contribution in [3.63, 3.8) is 0 Å². The molecule has 42 heavy (non-hydrogen) atoms. The van der Waals surface area contributed by atoms with E-state index in [-0.39, 0.29) is 12.4 Å². The Bertz CT molecular complexity index is 1690. The highest BCUT2D eigenvalue weighted by molar-refractivity contribution is 6.31. The molecule has 0 aliphatic rings. The smallest absolute Gasteiger partial charge is 0.307 e. The number of hydrogen-bond acceptors (Lipinski definition) is 6. The number of carbonyl (C=O) groups excluding carboxylic acids is 1. The number of aromatic nitrogens is 1. The van der Waals surface area contributed by atoms with Crippen LogP contribution < -0.4 is 19.6 Å². The molecule has 0 bridgehead atoms. The monoisotopic (exact) mass is 583 g/mol. The zero-order valence-electron chi connectivity index (χ0n) is 23.5. The quantitative estimate of drug-likeness (QED) is 0.130. The van der Waals surface area contributed by atoms with Gasteiger partial charge in [0.25, 0.3) is 0 Å². The van der Waals surface area contributed by atoms with Crippen LogP contribution in [0.25, 0.3) is 5.69 Å². The molecular formula is C33H30ClN3O5. The Balaban J connectivity index is 1.12. The Morgan fingerprint density at radius 3 is 2.40 bits per heavy atom. The molecule has 0 saturated heterocycles. The molecule has 5 rings (SSSR count). The van der Waals surface area contributed by atoms with Crippen molar-refractivity contribution in [3.8, 4) is 22.9 Å². The van der Waals surface area contributed by atoms with Crippen molar-refractivity contribution in [2.45, 2.75) is 27.1 Å². The van der Waals surface area contributed by atoms with E-state index in [0.29, 0.717) is 40.2 Å². The van der Waals surface area contributed by atoms with Gasteiger partial charge >= 0.3 is 5.91 Å². The average Bonchev–Trinajstić information content (AvgIpc) is 3.62. The van der Waals surface area contributed by atoms with Crippen molar-refractivity contribution >= 4 is 23.7 Å². The van der Waals surface area contributed by atoms with Crippen LogP contribution in [0.1, 0.15) is 38.8 Å². The molecule has 1 amide bonds. The zero-order chi connectivity index (χ0) is 29.5. The lowest BCUT2D eigenvalue weighted by atomic mass is 10.2. The molecule has 0 saturated carbocycles. The minimum atomic E-state index is -0.481. The van der Waals surface area contributed by atoms with Gasteiger partial charge < -0.3 is 23.2 Å². The van der Waals surface area contributed by atoms with Gasteiger partial charge in [0.15, 0.2) is 17.3 Å². The van der Waals surface area contributed by atoms with E-state index in [4.69, 9.17) is 30.2 Å². The molecule has 214 valence electrons. The molecule has 0 unspecified atom stereocenters. The molecule has 0 atom stereocenters. The number of carbonyl (C=O) groups is 1. The van der Waals surface area contributed by atoms with E-state index in [2.05, 4.69) is 41.1 Å². The molecule has 8 nitrogen and oxygen atoms in total. The summed E-state index contributed by atoms with van der Waals surface area (Å²) >= 11 is 6.21. The van der Waals surface area contributed by atoms with E-state index >= 15 is 0 Å². The molecule has 3 aromatic carbocycles. The second-order valence-corrected chi connectivity index (χ2v) is 9.90. The Morgan fingerprint density at radius 1 is 0.905 bits per heavy atom. The largest absolute Gasteiger partial charge is 0.493 e. The van der Waals surface area contributed by atoms with Crippen LogP contribution >= 0.6 is 11.6 Å². The first kappa shape index (κ1) is 28.6. The first-order chi connectivity index (χ1) is 20.4. The highest BCUT2D eigenvalue weighted by Crippen LogP contribution is 2.29. The maximum Gasteiger partial charge on any atom is 0.307 e. The maximum absolute atomic E-state index is 12.5. The van der Waals surface area contributed by atoms with E-state index in [1.54, 1.807) is 37.4 Å². The Kier molecular flexibility index (Phi) is 8.94. The number of amides is 1. The van der Waals surface area contributed by atoms with Gasteiger partial charge in [0.05, 0.1) is 13.3 Å². The number of nitrogens with one attached hydrogen (secondary N) is 1. The van der Waals surface area contributed by atoms with Gasteiger partial charge in [-0.15, -0.1) is 0 Å². The minimum Gasteiger partial charge on any atom is -0.493 e. The number of ether oxygens (including phenoxy) is 3. The maximum atomic E-state index is 12.5. The standard InChI is InChI=1S/C33H30ClN3O5/c1-22-8-9-23(2)37(22)26-11-13-27(14-12-26)40-21-28-15-17-31(42-28)33(38)36-35-19-24-10-16-30(32(18-24)39-3)41-20-25-6-4-5-7-29(25)34/h4-19H,20-21H2,1-3H3,(H,36,38). The predicted octanol–water partition coefficient (Wildman–Crippen LogP) is 7.27. The van der Waals surface area contributed by atoms with Gasteiger partial charge in [0.2, 0.25) is 0 Å². The van der Waals surface area contributed by atoms with Gasteiger partial charge in [0, 0.05) is 27.7 Å². The van der Waals surface area contributed by atoms with Crippen LogP contribution in [0.15, 0.2) is 101 Å². The van der Waals surface area contributed by atoms with Crippen LogP contribution in [0, 0.1) is 13.8 Å². The molecule has 5 aromatic rings. The normalized spacial score (nSPS) is 11.0. The fraction of sp³-hybridized carbons (Fsp3) is 0.152. The first-order valence-electron chi connectivity index (χ1n) is 13.3. The number of halogens is 1. The van der Waals surface area contributed by atoms with Gasteiger partial charge in [-0.05, 0) is 92.2 Å². The van der Waals surface area contributed by atoms with E-state index < -0.39 is 5.91 Å². The van der Waals surface area contributed by atoms with Crippen molar-refractivity contribution in [1.29, 1.82) is 0 Å². The topological polar surface area (TPSA) is 87.2 Å². The van der Waals surface area contributed by atoms with Crippen molar-refractivity contribution in [1.82, 2.24) is 9.99 Å². The summed E-state index contributed by atoms with van der Waals surface area (Å²) in [5.41, 5.74) is 7.45. The third kappa shape index (κ3) is 6.85. The molecule has 0 spiro atoms. The van der Waals surface area contributed by atoms with Crippen molar-refractivity contribution in [3.05, 3.63) is 130 Å². The van der Waals surface area contributed by atoms with Crippen LogP contribution in [0.4, 0.5) is 0 Å². The number of aryl methyl sites for hydroxylation is 2. The molecule has 9 heteroatoms. The summed E-state index contributed by atoms with van der Waals surface area (Å²) in [6.07, 6.45) is 1.51.